The fraction of sp³-hybridized carbons (Fsp3) is 0.222. The van der Waals surface area contributed by atoms with Gasteiger partial charge in [0.1, 0.15) is 0 Å². The Morgan fingerprint density at radius 2 is 1.88 bits per heavy atom. The highest BCUT2D eigenvalue weighted by molar-refractivity contribution is 7.89. The van der Waals surface area contributed by atoms with Gasteiger partial charge in [-0.25, -0.2) is 14.3 Å². The van der Waals surface area contributed by atoms with Gasteiger partial charge < -0.3 is 0 Å². The lowest BCUT2D eigenvalue weighted by Gasteiger charge is -2.12. The van der Waals surface area contributed by atoms with Gasteiger partial charge in [0, 0.05) is 5.02 Å². The first-order chi connectivity index (χ1) is 7.86. The highest BCUT2D eigenvalue weighted by Crippen LogP contribution is 2.14. The number of rotatable bonds is 4. The Bertz CT molecular complexity index is 501. The normalized spacial score (nSPS) is 13.1. The van der Waals surface area contributed by atoms with E-state index in [1.165, 1.54) is 31.2 Å². The van der Waals surface area contributed by atoms with Crippen molar-refractivity contribution in [2.24, 2.45) is 5.84 Å². The molecule has 0 saturated heterocycles. The van der Waals surface area contributed by atoms with E-state index >= 15 is 0 Å². The van der Waals surface area contributed by atoms with Crippen LogP contribution in [0, 0.1) is 0 Å². The van der Waals surface area contributed by atoms with Crippen molar-refractivity contribution in [1.29, 1.82) is 0 Å². The lowest BCUT2D eigenvalue weighted by Crippen LogP contribution is -2.47. The Kier molecular flexibility index (Phi) is 4.47. The lowest BCUT2D eigenvalue weighted by molar-refractivity contribution is -0.122. The monoisotopic (exact) mass is 277 g/mol. The number of carbonyl (C=O) groups excluding carboxylic acids is 1. The summed E-state index contributed by atoms with van der Waals surface area (Å²) < 4.78 is 25.8. The zero-order valence-electron chi connectivity index (χ0n) is 8.98. The van der Waals surface area contributed by atoms with Crippen LogP contribution < -0.4 is 16.0 Å². The molecule has 1 amide bonds. The van der Waals surface area contributed by atoms with Gasteiger partial charge in [-0.05, 0) is 31.2 Å². The summed E-state index contributed by atoms with van der Waals surface area (Å²) in [5, 5.41) is 0.427. The van der Waals surface area contributed by atoms with Crippen molar-refractivity contribution in [3.8, 4) is 0 Å². The summed E-state index contributed by atoms with van der Waals surface area (Å²) in [4.78, 5) is 11.1. The van der Waals surface area contributed by atoms with Crippen LogP contribution in [0.25, 0.3) is 0 Å². The molecule has 6 nitrogen and oxygen atoms in total. The molecule has 0 saturated carbocycles. The van der Waals surface area contributed by atoms with Crippen LogP contribution in [0.15, 0.2) is 29.2 Å². The van der Waals surface area contributed by atoms with Gasteiger partial charge in [-0.2, -0.15) is 4.72 Å². The van der Waals surface area contributed by atoms with Crippen molar-refractivity contribution in [3.05, 3.63) is 29.3 Å². The highest BCUT2D eigenvalue weighted by Gasteiger charge is 2.21. The Hall–Kier alpha value is -1.15. The summed E-state index contributed by atoms with van der Waals surface area (Å²) >= 11 is 5.64. The lowest BCUT2D eigenvalue weighted by atomic mass is 10.3. The fourth-order valence-corrected chi connectivity index (χ4v) is 2.42. The maximum Gasteiger partial charge on any atom is 0.251 e. The van der Waals surface area contributed by atoms with E-state index in [0.717, 1.165) is 0 Å². The van der Waals surface area contributed by atoms with Crippen molar-refractivity contribution in [2.45, 2.75) is 17.9 Å². The summed E-state index contributed by atoms with van der Waals surface area (Å²) in [5.41, 5.74) is 1.86. The topological polar surface area (TPSA) is 101 Å². The minimum Gasteiger partial charge on any atom is -0.293 e. The summed E-state index contributed by atoms with van der Waals surface area (Å²) in [7, 11) is -3.76. The van der Waals surface area contributed by atoms with Gasteiger partial charge in [-0.15, -0.1) is 0 Å². The molecular formula is C9H12ClN3O3S. The first-order valence-electron chi connectivity index (χ1n) is 4.65. The Morgan fingerprint density at radius 3 is 2.35 bits per heavy atom. The van der Waals surface area contributed by atoms with E-state index in [2.05, 4.69) is 4.72 Å². The molecule has 8 heteroatoms. The number of hydrogen-bond donors (Lipinski definition) is 3. The largest absolute Gasteiger partial charge is 0.293 e. The molecule has 1 atom stereocenters. The molecule has 0 spiro atoms. The molecule has 0 aliphatic rings. The van der Waals surface area contributed by atoms with Gasteiger partial charge in [0.15, 0.2) is 0 Å². The van der Waals surface area contributed by atoms with Crippen LogP contribution in [0.2, 0.25) is 5.02 Å². The number of carbonyl (C=O) groups is 1. The van der Waals surface area contributed by atoms with Crippen LogP contribution in [0.3, 0.4) is 0 Å². The second-order valence-electron chi connectivity index (χ2n) is 3.31. The Labute approximate surface area is 104 Å². The minimum absolute atomic E-state index is 0.0265. The smallest absolute Gasteiger partial charge is 0.251 e. The second-order valence-corrected chi connectivity index (χ2v) is 5.46. The molecule has 0 unspecified atom stereocenters. The summed E-state index contributed by atoms with van der Waals surface area (Å²) in [5.74, 6) is 4.28. The van der Waals surface area contributed by atoms with Gasteiger partial charge >= 0.3 is 0 Å². The summed E-state index contributed by atoms with van der Waals surface area (Å²) in [6.07, 6.45) is 0. The first kappa shape index (κ1) is 13.9. The van der Waals surface area contributed by atoms with Crippen LogP contribution in [0.4, 0.5) is 0 Å². The number of hydrogen-bond acceptors (Lipinski definition) is 4. The highest BCUT2D eigenvalue weighted by atomic mass is 35.5. The average molecular weight is 278 g/mol. The number of nitrogens with one attached hydrogen (secondary N) is 2. The maximum absolute atomic E-state index is 11.8. The van der Waals surface area contributed by atoms with Crippen LogP contribution in [-0.2, 0) is 14.8 Å². The van der Waals surface area contributed by atoms with Crippen molar-refractivity contribution >= 4 is 27.5 Å². The predicted octanol–water partition coefficient (Wildman–Crippen LogP) is -0.00330. The number of benzene rings is 1. The van der Waals surface area contributed by atoms with Crippen molar-refractivity contribution in [3.63, 3.8) is 0 Å². The third-order valence-electron chi connectivity index (χ3n) is 1.99. The third kappa shape index (κ3) is 3.67. The summed E-state index contributed by atoms with van der Waals surface area (Å²) in [6, 6.07) is 4.63. The second kappa shape index (κ2) is 5.46. The quantitative estimate of drug-likeness (QED) is 0.409. The van der Waals surface area contributed by atoms with Crippen LogP contribution in [0.1, 0.15) is 6.92 Å². The molecule has 0 aliphatic heterocycles. The molecule has 4 N–H and O–H groups in total. The number of sulfonamides is 1. The van der Waals surface area contributed by atoms with E-state index in [1.807, 2.05) is 5.43 Å². The number of halogens is 1. The van der Waals surface area contributed by atoms with Crippen LogP contribution in [-0.4, -0.2) is 20.4 Å². The average Bonchev–Trinajstić information content (AvgIpc) is 2.27. The van der Waals surface area contributed by atoms with Gasteiger partial charge in [-0.1, -0.05) is 11.6 Å². The molecule has 0 radical (unpaired) electrons. The van der Waals surface area contributed by atoms with Crippen molar-refractivity contribution in [2.75, 3.05) is 0 Å². The molecule has 94 valence electrons. The molecule has 0 aliphatic carbocycles. The Balaban J connectivity index is 2.89. The van der Waals surface area contributed by atoms with Gasteiger partial charge in [0.25, 0.3) is 5.91 Å². The van der Waals surface area contributed by atoms with Crippen LogP contribution in [0.5, 0.6) is 0 Å². The molecule has 17 heavy (non-hydrogen) atoms. The number of nitrogens with two attached hydrogens (primary N) is 1. The first-order valence-corrected chi connectivity index (χ1v) is 6.51. The van der Waals surface area contributed by atoms with E-state index in [1.54, 1.807) is 0 Å². The minimum atomic E-state index is -3.76. The molecule has 1 aromatic rings. The van der Waals surface area contributed by atoms with Gasteiger partial charge in [-0.3, -0.25) is 10.2 Å². The molecule has 0 bridgehead atoms. The van der Waals surface area contributed by atoms with Crippen LogP contribution >= 0.6 is 11.6 Å². The standard InChI is InChI=1S/C9H12ClN3O3S/c1-6(9(14)12-11)13-17(15,16)8-4-2-7(10)3-5-8/h2-6,13H,11H2,1H3,(H,12,14)/t6-/m0/s1. The molecule has 0 fully saturated rings. The summed E-state index contributed by atoms with van der Waals surface area (Å²) in [6.45, 7) is 1.38. The van der Waals surface area contributed by atoms with E-state index < -0.39 is 22.0 Å². The molecule has 1 aromatic carbocycles. The van der Waals surface area contributed by atoms with Gasteiger partial charge in [0.2, 0.25) is 10.0 Å². The number of hydrazine groups is 1. The maximum atomic E-state index is 11.8. The van der Waals surface area contributed by atoms with E-state index in [4.69, 9.17) is 17.4 Å². The van der Waals surface area contributed by atoms with Crippen molar-refractivity contribution < 1.29 is 13.2 Å². The third-order valence-corrected chi connectivity index (χ3v) is 3.80. The van der Waals surface area contributed by atoms with Crippen molar-refractivity contribution in [1.82, 2.24) is 10.1 Å². The van der Waals surface area contributed by atoms with E-state index in [0.29, 0.717) is 5.02 Å². The fourth-order valence-electron chi connectivity index (χ4n) is 1.09. The molecule has 1 rings (SSSR count). The predicted molar refractivity (Wildman–Crippen MR) is 63.6 cm³/mol. The zero-order chi connectivity index (χ0) is 13.1. The zero-order valence-corrected chi connectivity index (χ0v) is 10.5. The molecule has 0 aromatic heterocycles. The Morgan fingerprint density at radius 1 is 1.35 bits per heavy atom. The molecular weight excluding hydrogens is 266 g/mol. The SMILES string of the molecule is C[C@H](NS(=O)(=O)c1ccc(Cl)cc1)C(=O)NN. The van der Waals surface area contributed by atoms with E-state index in [9.17, 15) is 13.2 Å². The molecule has 0 heterocycles. The number of amides is 1. The van der Waals surface area contributed by atoms with Gasteiger partial charge in [0.05, 0.1) is 10.9 Å². The van der Waals surface area contributed by atoms with E-state index in [-0.39, 0.29) is 4.90 Å².